The van der Waals surface area contributed by atoms with E-state index in [1.54, 1.807) is 7.11 Å². The van der Waals surface area contributed by atoms with Crippen LogP contribution >= 0.6 is 0 Å². The maximum atomic E-state index is 11.3. The molecule has 4 nitrogen and oxygen atoms in total. The van der Waals surface area contributed by atoms with E-state index < -0.39 is 0 Å². The zero-order chi connectivity index (χ0) is 21.6. The van der Waals surface area contributed by atoms with Crippen LogP contribution < -0.4 is 4.74 Å². The van der Waals surface area contributed by atoms with Crippen molar-refractivity contribution in [2.24, 2.45) is 0 Å². The first-order valence-electron chi connectivity index (χ1n) is 10.6. The first kappa shape index (κ1) is 25.0. The minimum atomic E-state index is -0.334. The molecule has 0 N–H and O–H groups in total. The Balaban J connectivity index is 2.84. The monoisotopic (exact) mass is 402 g/mol. The van der Waals surface area contributed by atoms with Crippen molar-refractivity contribution in [1.29, 1.82) is 0 Å². The van der Waals surface area contributed by atoms with Crippen molar-refractivity contribution in [2.75, 3.05) is 7.11 Å². The second-order valence-corrected chi connectivity index (χ2v) is 7.78. The Morgan fingerprint density at radius 2 is 1.79 bits per heavy atom. The second kappa shape index (κ2) is 14.0. The molecule has 0 amide bonds. The molecule has 0 aliphatic heterocycles. The summed E-state index contributed by atoms with van der Waals surface area (Å²) in [6, 6.07) is 8.09. The van der Waals surface area contributed by atoms with Gasteiger partial charge in [0.2, 0.25) is 0 Å². The van der Waals surface area contributed by atoms with E-state index in [0.717, 1.165) is 25.0 Å². The summed E-state index contributed by atoms with van der Waals surface area (Å²) >= 11 is 0. The average Bonchev–Trinajstić information content (AvgIpc) is 2.64. The maximum absolute atomic E-state index is 11.3. The molecule has 0 unspecified atom stereocenters. The molecule has 0 spiro atoms. The molecule has 0 saturated carbocycles. The van der Waals surface area contributed by atoms with Crippen LogP contribution in [0.3, 0.4) is 0 Å². The number of carbonyl (C=O) groups is 1. The third-order valence-corrected chi connectivity index (χ3v) is 4.61. The van der Waals surface area contributed by atoms with E-state index in [1.807, 2.05) is 12.1 Å². The highest BCUT2D eigenvalue weighted by Crippen LogP contribution is 2.21. The molecule has 4 heteroatoms. The van der Waals surface area contributed by atoms with Crippen LogP contribution in [-0.4, -0.2) is 25.3 Å². The molecular weight excluding hydrogens is 364 g/mol. The highest BCUT2D eigenvalue weighted by atomic mass is 16.5. The Hall–Kier alpha value is -2.07. The van der Waals surface area contributed by atoms with Gasteiger partial charge in [-0.2, -0.15) is 0 Å². The summed E-state index contributed by atoms with van der Waals surface area (Å²) in [5.74, 6) is 0.983. The van der Waals surface area contributed by atoms with E-state index in [1.165, 1.54) is 37.3 Å². The molecular formula is C25H38O4. The summed E-state index contributed by atoms with van der Waals surface area (Å²) in [6.07, 6.45) is 9.02. The van der Waals surface area contributed by atoms with Gasteiger partial charge in [0.25, 0.3) is 0 Å². The van der Waals surface area contributed by atoms with Crippen molar-refractivity contribution in [2.45, 2.75) is 84.8 Å². The van der Waals surface area contributed by atoms with Gasteiger partial charge >= 0.3 is 5.97 Å². The molecule has 1 aromatic rings. The summed E-state index contributed by atoms with van der Waals surface area (Å²) in [6.45, 7) is 11.7. The lowest BCUT2D eigenvalue weighted by molar-refractivity contribution is -0.137. The van der Waals surface area contributed by atoms with Gasteiger partial charge in [0.15, 0.2) is 0 Å². The number of carbonyl (C=O) groups excluding carboxylic acids is 1. The number of methoxy groups -OCH3 is 1. The van der Waals surface area contributed by atoms with Gasteiger partial charge in [0.1, 0.15) is 11.5 Å². The Labute approximate surface area is 176 Å². The van der Waals surface area contributed by atoms with Gasteiger partial charge in [-0.1, -0.05) is 63.0 Å². The predicted octanol–water partition coefficient (Wildman–Crippen LogP) is 6.40. The summed E-state index contributed by atoms with van der Waals surface area (Å²) in [5, 5.41) is 0. The van der Waals surface area contributed by atoms with E-state index in [-0.39, 0.29) is 18.2 Å². The number of hydrogen-bond acceptors (Lipinski definition) is 4. The molecule has 0 fully saturated rings. The molecule has 1 aromatic carbocycles. The Morgan fingerprint density at radius 3 is 2.34 bits per heavy atom. The lowest BCUT2D eigenvalue weighted by Crippen LogP contribution is -2.24. The first-order chi connectivity index (χ1) is 13.8. The van der Waals surface area contributed by atoms with Gasteiger partial charge in [-0.15, -0.1) is 0 Å². The fourth-order valence-corrected chi connectivity index (χ4v) is 3.28. The topological polar surface area (TPSA) is 44.8 Å². The van der Waals surface area contributed by atoms with Gasteiger partial charge in [0.05, 0.1) is 19.3 Å². The highest BCUT2D eigenvalue weighted by Gasteiger charge is 2.18. The van der Waals surface area contributed by atoms with E-state index in [4.69, 9.17) is 14.2 Å². The molecule has 162 valence electrons. The number of hydrogen-bond donors (Lipinski definition) is 0. The molecule has 0 radical (unpaired) electrons. The molecule has 29 heavy (non-hydrogen) atoms. The Bertz CT molecular complexity index is 641. The van der Waals surface area contributed by atoms with Crippen LogP contribution in [0.5, 0.6) is 5.75 Å². The number of unbranched alkanes of at least 4 members (excludes halogenated alkanes) is 3. The minimum Gasteiger partial charge on any atom is -0.497 e. The molecule has 0 aliphatic rings. The van der Waals surface area contributed by atoms with Crippen molar-refractivity contribution in [3.63, 3.8) is 0 Å². The lowest BCUT2D eigenvalue weighted by Gasteiger charge is -2.24. The van der Waals surface area contributed by atoms with Gasteiger partial charge < -0.3 is 14.2 Å². The van der Waals surface area contributed by atoms with Crippen molar-refractivity contribution < 1.29 is 19.0 Å². The summed E-state index contributed by atoms with van der Waals surface area (Å²) in [5.41, 5.74) is 2.41. The normalized spacial score (nSPS) is 12.7. The molecule has 1 rings (SSSR count). The smallest absolute Gasteiger partial charge is 0.307 e. The second-order valence-electron chi connectivity index (χ2n) is 7.78. The summed E-state index contributed by atoms with van der Waals surface area (Å²) < 4.78 is 16.9. The largest absolute Gasteiger partial charge is 0.497 e. The zero-order valence-electron chi connectivity index (χ0n) is 18.8. The number of ether oxygens (including phenoxy) is 3. The molecule has 0 saturated heterocycles. The van der Waals surface area contributed by atoms with Gasteiger partial charge in [-0.25, -0.2) is 0 Å². The van der Waals surface area contributed by atoms with E-state index in [2.05, 4.69) is 45.6 Å². The fraction of sp³-hybridized carbons (Fsp3) is 0.560. The van der Waals surface area contributed by atoms with Gasteiger partial charge in [-0.05, 0) is 38.0 Å². The van der Waals surface area contributed by atoms with Crippen LogP contribution in [0.1, 0.15) is 71.8 Å². The Kier molecular flexibility index (Phi) is 12.1. The quantitative estimate of drug-likeness (QED) is 0.156. The highest BCUT2D eigenvalue weighted by molar-refractivity contribution is 5.67. The van der Waals surface area contributed by atoms with Crippen LogP contribution in [0, 0.1) is 0 Å². The van der Waals surface area contributed by atoms with E-state index in [0.29, 0.717) is 12.2 Å². The minimum absolute atomic E-state index is 0.0300. The van der Waals surface area contributed by atoms with Crippen molar-refractivity contribution in [3.05, 3.63) is 53.8 Å². The van der Waals surface area contributed by atoms with Crippen molar-refractivity contribution in [3.8, 4) is 5.75 Å². The number of benzene rings is 1. The molecule has 0 aliphatic carbocycles. The van der Waals surface area contributed by atoms with Gasteiger partial charge in [-0.3, -0.25) is 4.79 Å². The molecule has 0 aromatic heterocycles. The van der Waals surface area contributed by atoms with E-state index >= 15 is 0 Å². The third kappa shape index (κ3) is 11.5. The van der Waals surface area contributed by atoms with Crippen LogP contribution in [0.15, 0.2) is 48.3 Å². The first-order valence-corrected chi connectivity index (χ1v) is 10.6. The molecule has 0 bridgehead atoms. The predicted molar refractivity (Wildman–Crippen MR) is 119 cm³/mol. The summed E-state index contributed by atoms with van der Waals surface area (Å²) in [7, 11) is 1.67. The van der Waals surface area contributed by atoms with Crippen molar-refractivity contribution >= 4 is 5.97 Å². The number of esters is 1. The number of allylic oxidation sites excluding steroid dienone is 1. The lowest BCUT2D eigenvalue weighted by atomic mass is 10.0. The zero-order valence-corrected chi connectivity index (χ0v) is 18.8. The van der Waals surface area contributed by atoms with Crippen LogP contribution in [0.25, 0.3) is 0 Å². The van der Waals surface area contributed by atoms with Crippen LogP contribution in [-0.2, 0) is 20.7 Å². The van der Waals surface area contributed by atoms with Crippen molar-refractivity contribution in [1.82, 2.24) is 0 Å². The third-order valence-electron chi connectivity index (χ3n) is 4.61. The molecule has 2 atom stereocenters. The Morgan fingerprint density at radius 1 is 1.10 bits per heavy atom. The maximum Gasteiger partial charge on any atom is 0.307 e. The fourth-order valence-electron chi connectivity index (χ4n) is 3.28. The van der Waals surface area contributed by atoms with Crippen LogP contribution in [0.4, 0.5) is 0 Å². The molecule has 0 heterocycles. The average molecular weight is 403 g/mol. The standard InChI is InChI=1S/C25H38O4/c1-7-8-9-10-11-24(17-20(4)28-21(5)26)29-25(16-19(2)3)18-22-12-14-23(27-6)15-13-22/h12-16,24-25H,4,7-11,17-18H2,1-3,5-6H3/t24-,25+/m0/s1. The van der Waals surface area contributed by atoms with Gasteiger partial charge in [0, 0.05) is 19.8 Å². The summed E-state index contributed by atoms with van der Waals surface area (Å²) in [4.78, 5) is 11.3. The van der Waals surface area contributed by atoms with Crippen LogP contribution in [0.2, 0.25) is 0 Å². The SMILES string of the molecule is C=C(C[C@H](CCCCCC)O[C@H](C=C(C)C)Cc1ccc(OC)cc1)OC(C)=O. The van der Waals surface area contributed by atoms with E-state index in [9.17, 15) is 4.79 Å². The number of rotatable bonds is 14.